The second-order valence-electron chi connectivity index (χ2n) is 8.61. The predicted molar refractivity (Wildman–Crippen MR) is 139 cm³/mol. The fraction of sp³-hybridized carbons (Fsp3) is 0.217. The molecule has 0 saturated carbocycles. The van der Waals surface area contributed by atoms with Crippen molar-refractivity contribution in [1.82, 2.24) is 15.2 Å². The molecule has 5 rings (SSSR count). The average molecular weight is 573 g/mol. The third kappa shape index (κ3) is 4.52. The molecule has 3 aliphatic heterocycles. The lowest BCUT2D eigenvalue weighted by Crippen LogP contribution is -2.71. The number of hydrogen-bond acceptors (Lipinski definition) is 12. The van der Waals surface area contributed by atoms with Gasteiger partial charge in [0.25, 0.3) is 17.7 Å². The minimum atomic E-state index is -1.37. The number of thiazole rings is 1. The predicted octanol–water partition coefficient (Wildman–Crippen LogP) is 0.417. The Morgan fingerprint density at radius 2 is 2.00 bits per heavy atom. The summed E-state index contributed by atoms with van der Waals surface area (Å²) in [4.78, 5) is 57.2. The smallest absolute Gasteiger partial charge is 0.352 e. The van der Waals surface area contributed by atoms with E-state index in [1.165, 1.54) is 46.3 Å². The topological polar surface area (TPSA) is 219 Å². The number of nitrogens with zero attached hydrogens (tertiary/aromatic N) is 4. The lowest BCUT2D eigenvalue weighted by molar-refractivity contribution is -0.150. The zero-order valence-electron chi connectivity index (χ0n) is 19.8. The number of rotatable bonds is 6. The quantitative estimate of drug-likeness (QED) is 0.0695. The number of carboxylic acids is 1. The summed E-state index contributed by atoms with van der Waals surface area (Å²) in [5.74, 6) is -3.89. The normalized spacial score (nSPS) is 22.3. The minimum Gasteiger partial charge on any atom is -0.504 e. The van der Waals surface area contributed by atoms with E-state index < -0.39 is 40.8 Å². The fourth-order valence-electron chi connectivity index (χ4n) is 4.46. The molecule has 202 valence electrons. The molecule has 1 aromatic carbocycles. The van der Waals surface area contributed by atoms with E-state index in [0.29, 0.717) is 17.7 Å². The number of nitrogens with one attached hydrogen (secondary N) is 1. The number of carbonyl (C=O) groups excluding carboxylic acids is 3. The number of oxime groups is 1. The van der Waals surface area contributed by atoms with Gasteiger partial charge in [0.15, 0.2) is 22.3 Å². The average Bonchev–Trinajstić information content (AvgIpc) is 3.49. The number of carboxylic acid groups (broad SMARTS) is 1. The molecule has 0 spiro atoms. The number of phenolic OH excluding ortho intramolecular Hbond substituents is 2. The molecule has 0 radical (unpaired) electrons. The van der Waals surface area contributed by atoms with Crippen LogP contribution in [0, 0.1) is 0 Å². The number of hydrogen-bond donors (Lipinski definition) is 6. The molecule has 0 aliphatic carbocycles. The summed E-state index contributed by atoms with van der Waals surface area (Å²) in [6.45, 7) is 0.274. The van der Waals surface area contributed by atoms with Crippen molar-refractivity contribution in [1.29, 1.82) is 0 Å². The van der Waals surface area contributed by atoms with Gasteiger partial charge in [-0.1, -0.05) is 5.16 Å². The number of fused-ring (bicyclic) bond motifs is 1. The Morgan fingerprint density at radius 3 is 2.64 bits per heavy atom. The van der Waals surface area contributed by atoms with Gasteiger partial charge < -0.3 is 36.5 Å². The van der Waals surface area contributed by atoms with Gasteiger partial charge in [-0.15, -0.1) is 23.1 Å². The highest BCUT2D eigenvalue weighted by Gasteiger charge is 2.54. The van der Waals surface area contributed by atoms with E-state index in [4.69, 9.17) is 5.73 Å². The molecule has 16 heteroatoms. The number of β-lactam (4-membered cyclic amide) rings is 1. The molecule has 7 N–H and O–H groups in total. The van der Waals surface area contributed by atoms with Crippen LogP contribution in [-0.4, -0.2) is 83.5 Å². The number of amides is 3. The maximum atomic E-state index is 13.0. The van der Waals surface area contributed by atoms with E-state index in [-0.39, 0.29) is 45.9 Å². The summed E-state index contributed by atoms with van der Waals surface area (Å²) in [6, 6.07) is 2.91. The number of aromatic hydroxyl groups is 2. The van der Waals surface area contributed by atoms with Gasteiger partial charge in [0, 0.05) is 35.0 Å². The number of thioether (sulfide) groups is 1. The molecule has 39 heavy (non-hydrogen) atoms. The van der Waals surface area contributed by atoms with Crippen molar-refractivity contribution in [3.05, 3.63) is 52.2 Å². The SMILES string of the molecule is Nc1nc(C(=NO)C(=O)N[C@@H]2C(=O)N3C(C(=O)O)=C(C=C4CCN(c5ccc(O)c(O)c5)C4=O)CS[C@H]23)cs1. The first-order chi connectivity index (χ1) is 18.6. The van der Waals surface area contributed by atoms with E-state index in [2.05, 4.69) is 15.5 Å². The van der Waals surface area contributed by atoms with Gasteiger partial charge in [-0.25, -0.2) is 9.78 Å². The Balaban J connectivity index is 1.35. The first-order valence-corrected chi connectivity index (χ1v) is 13.2. The van der Waals surface area contributed by atoms with Gasteiger partial charge >= 0.3 is 5.97 Å². The van der Waals surface area contributed by atoms with Crippen LogP contribution in [0.2, 0.25) is 0 Å². The van der Waals surface area contributed by atoms with E-state index in [1.54, 1.807) is 0 Å². The number of aliphatic carboxylic acids is 1. The highest BCUT2D eigenvalue weighted by atomic mass is 32.2. The summed E-state index contributed by atoms with van der Waals surface area (Å²) in [6.07, 6.45) is 1.75. The number of benzene rings is 1. The molecule has 3 amide bonds. The van der Waals surface area contributed by atoms with Crippen molar-refractivity contribution >= 4 is 63.3 Å². The van der Waals surface area contributed by atoms with Crippen LogP contribution in [0.4, 0.5) is 10.8 Å². The van der Waals surface area contributed by atoms with Crippen LogP contribution in [0.15, 0.2) is 51.7 Å². The second kappa shape index (κ2) is 9.95. The van der Waals surface area contributed by atoms with Crippen LogP contribution >= 0.6 is 23.1 Å². The Morgan fingerprint density at radius 1 is 1.23 bits per heavy atom. The first kappa shape index (κ1) is 26.1. The summed E-state index contributed by atoms with van der Waals surface area (Å²) in [7, 11) is 0. The summed E-state index contributed by atoms with van der Waals surface area (Å²) < 4.78 is 0. The molecule has 14 nitrogen and oxygen atoms in total. The van der Waals surface area contributed by atoms with Crippen LogP contribution in [-0.2, 0) is 19.2 Å². The molecule has 3 aliphatic rings. The Kier molecular flexibility index (Phi) is 6.65. The number of nitrogen functional groups attached to an aromatic ring is 1. The zero-order valence-corrected chi connectivity index (χ0v) is 21.4. The third-order valence-corrected chi connectivity index (χ3v) is 8.29. The number of aromatic nitrogens is 1. The second-order valence-corrected chi connectivity index (χ2v) is 10.6. The first-order valence-electron chi connectivity index (χ1n) is 11.3. The van der Waals surface area contributed by atoms with Crippen molar-refractivity contribution in [3.63, 3.8) is 0 Å². The van der Waals surface area contributed by atoms with Gasteiger partial charge in [0.05, 0.1) is 0 Å². The largest absolute Gasteiger partial charge is 0.504 e. The van der Waals surface area contributed by atoms with Crippen molar-refractivity contribution in [2.24, 2.45) is 5.16 Å². The van der Waals surface area contributed by atoms with Crippen LogP contribution in [0.5, 0.6) is 11.5 Å². The van der Waals surface area contributed by atoms with Gasteiger partial charge in [0.1, 0.15) is 22.8 Å². The summed E-state index contributed by atoms with van der Waals surface area (Å²) >= 11 is 2.23. The van der Waals surface area contributed by atoms with Gasteiger partial charge in [0.2, 0.25) is 0 Å². The van der Waals surface area contributed by atoms with Crippen molar-refractivity contribution in [3.8, 4) is 11.5 Å². The molecular weight excluding hydrogens is 552 g/mol. The molecule has 2 aromatic rings. The molecule has 4 heterocycles. The van der Waals surface area contributed by atoms with E-state index in [1.807, 2.05) is 0 Å². The monoisotopic (exact) mass is 572 g/mol. The maximum Gasteiger partial charge on any atom is 0.352 e. The highest BCUT2D eigenvalue weighted by molar-refractivity contribution is 8.00. The molecule has 1 aromatic heterocycles. The highest BCUT2D eigenvalue weighted by Crippen LogP contribution is 2.41. The Bertz CT molecular complexity index is 1520. The zero-order chi connectivity index (χ0) is 28.0. The van der Waals surface area contributed by atoms with Crippen LogP contribution in [0.3, 0.4) is 0 Å². The molecule has 2 fully saturated rings. The van der Waals surface area contributed by atoms with Gasteiger partial charge in [-0.3, -0.25) is 19.3 Å². The van der Waals surface area contributed by atoms with E-state index in [0.717, 1.165) is 16.2 Å². The molecule has 0 bridgehead atoms. The minimum absolute atomic E-state index is 0.0234. The number of carbonyl (C=O) groups is 4. The lowest BCUT2D eigenvalue weighted by atomic mass is 10.0. The van der Waals surface area contributed by atoms with Gasteiger partial charge in [-0.2, -0.15) is 0 Å². The van der Waals surface area contributed by atoms with Crippen molar-refractivity contribution in [2.45, 2.75) is 17.8 Å². The van der Waals surface area contributed by atoms with Crippen molar-refractivity contribution < 1.29 is 39.7 Å². The standard InChI is InChI=1S/C23H20N6O8S2/c24-23-25-12(8-39-23)15(27-37)18(32)26-16-20(34)29-17(22(35)36)10(7-38-21(16)29)5-9-3-4-28(19(9)33)11-1-2-13(30)14(31)6-11/h1-2,5-6,8,16,21,30-31,37H,3-4,7H2,(H2,24,25)(H,26,32)(H,35,36)/t16-,21-/m1/s1. The molecule has 2 saturated heterocycles. The molecular formula is C23H20N6O8S2. The Hall–Kier alpha value is -4.57. The number of allylic oxidation sites excluding steroid dienone is 1. The van der Waals surface area contributed by atoms with Crippen LogP contribution in [0.1, 0.15) is 12.1 Å². The number of phenols is 2. The number of anilines is 2. The fourth-order valence-corrected chi connectivity index (χ4v) is 6.31. The van der Waals surface area contributed by atoms with E-state index in [9.17, 15) is 39.7 Å². The third-order valence-electron chi connectivity index (χ3n) is 6.31. The van der Waals surface area contributed by atoms with E-state index >= 15 is 0 Å². The van der Waals surface area contributed by atoms with Crippen LogP contribution in [0.25, 0.3) is 0 Å². The van der Waals surface area contributed by atoms with Crippen molar-refractivity contribution in [2.75, 3.05) is 22.9 Å². The summed E-state index contributed by atoms with van der Waals surface area (Å²) in [5.41, 5.74) is 5.79. The number of nitrogens with two attached hydrogens (primary N) is 1. The summed E-state index contributed by atoms with van der Waals surface area (Å²) in [5, 5.41) is 44.8. The maximum absolute atomic E-state index is 13.0. The van der Waals surface area contributed by atoms with Crippen LogP contribution < -0.4 is 16.0 Å². The molecule has 0 unspecified atom stereocenters. The Labute approximate surface area is 227 Å². The van der Waals surface area contributed by atoms with Gasteiger partial charge in [-0.05, 0) is 30.2 Å². The molecule has 2 atom stereocenters. The lowest BCUT2D eigenvalue weighted by Gasteiger charge is -2.49.